The van der Waals surface area contributed by atoms with E-state index in [1.54, 1.807) is 24.3 Å². The van der Waals surface area contributed by atoms with Crippen LogP contribution in [0.4, 0.5) is 4.39 Å². The summed E-state index contributed by atoms with van der Waals surface area (Å²) in [6.45, 7) is 0.395. The van der Waals surface area contributed by atoms with Gasteiger partial charge >= 0.3 is 0 Å². The minimum Gasteiger partial charge on any atom is -0.327 e. The summed E-state index contributed by atoms with van der Waals surface area (Å²) in [6.07, 6.45) is 3.29. The van der Waals surface area contributed by atoms with Crippen molar-refractivity contribution in [3.63, 3.8) is 0 Å². The Morgan fingerprint density at radius 3 is 2.92 bits per heavy atom. The predicted octanol–water partition coefficient (Wildman–Crippen LogP) is 2.45. The summed E-state index contributed by atoms with van der Waals surface area (Å²) < 4.78 is 13.1. The lowest BCUT2D eigenvalue weighted by atomic mass is 10.2. The molecule has 0 amide bonds. The zero-order valence-electron chi connectivity index (χ0n) is 6.43. The summed E-state index contributed by atoms with van der Waals surface area (Å²) in [5, 5.41) is 0.133. The monoisotopic (exact) mass is 185 g/mol. The van der Waals surface area contributed by atoms with Crippen LogP contribution in [0.25, 0.3) is 6.08 Å². The molecule has 0 bridgehead atoms. The van der Waals surface area contributed by atoms with E-state index in [4.69, 9.17) is 17.3 Å². The fraction of sp³-hybridized carbons (Fsp3) is 0.111. The molecule has 0 fully saturated rings. The molecule has 1 aromatic carbocycles. The van der Waals surface area contributed by atoms with E-state index in [1.165, 1.54) is 6.07 Å². The summed E-state index contributed by atoms with van der Waals surface area (Å²) in [5.41, 5.74) is 5.69. The lowest BCUT2D eigenvalue weighted by Crippen LogP contribution is -1.92. The average molecular weight is 186 g/mol. The van der Waals surface area contributed by atoms with Gasteiger partial charge in [0.15, 0.2) is 0 Å². The lowest BCUT2D eigenvalue weighted by molar-refractivity contribution is 0.625. The molecule has 0 saturated heterocycles. The van der Waals surface area contributed by atoms with Gasteiger partial charge < -0.3 is 5.73 Å². The molecular formula is C9H9ClFN. The van der Waals surface area contributed by atoms with Gasteiger partial charge in [-0.05, 0) is 6.07 Å². The highest BCUT2D eigenvalue weighted by Gasteiger charge is 2.01. The number of halogens is 2. The van der Waals surface area contributed by atoms with Gasteiger partial charge in [0.05, 0.1) is 5.02 Å². The normalized spacial score (nSPS) is 10.9. The third-order valence-corrected chi connectivity index (χ3v) is 1.71. The maximum Gasteiger partial charge on any atom is 0.148 e. The van der Waals surface area contributed by atoms with E-state index in [0.717, 1.165) is 0 Å². The summed E-state index contributed by atoms with van der Waals surface area (Å²) in [4.78, 5) is 0. The molecule has 0 saturated carbocycles. The molecule has 0 heterocycles. The molecule has 0 aliphatic carbocycles. The summed E-state index contributed by atoms with van der Waals surface area (Å²) in [5.74, 6) is -0.399. The van der Waals surface area contributed by atoms with E-state index < -0.39 is 5.82 Å². The fourth-order valence-corrected chi connectivity index (χ4v) is 1.03. The second-order valence-corrected chi connectivity index (χ2v) is 2.69. The van der Waals surface area contributed by atoms with E-state index >= 15 is 0 Å². The number of nitrogens with two attached hydrogens (primary N) is 1. The Hall–Kier alpha value is -0.860. The molecule has 0 aliphatic heterocycles. The van der Waals surface area contributed by atoms with Crippen LogP contribution in [-0.2, 0) is 0 Å². The van der Waals surface area contributed by atoms with Crippen molar-refractivity contribution in [3.8, 4) is 0 Å². The van der Waals surface area contributed by atoms with Crippen molar-refractivity contribution >= 4 is 17.7 Å². The number of hydrogen-bond acceptors (Lipinski definition) is 1. The van der Waals surface area contributed by atoms with Crippen molar-refractivity contribution in [2.45, 2.75) is 0 Å². The molecule has 1 aromatic rings. The summed E-state index contributed by atoms with van der Waals surface area (Å²) in [7, 11) is 0. The van der Waals surface area contributed by atoms with E-state index in [1.807, 2.05) is 0 Å². The highest BCUT2D eigenvalue weighted by molar-refractivity contribution is 6.30. The largest absolute Gasteiger partial charge is 0.327 e. The van der Waals surface area contributed by atoms with Crippen molar-refractivity contribution < 1.29 is 4.39 Å². The Labute approximate surface area is 75.6 Å². The molecule has 1 nitrogen and oxygen atoms in total. The van der Waals surface area contributed by atoms with Crippen LogP contribution >= 0.6 is 11.6 Å². The van der Waals surface area contributed by atoms with Crippen LogP contribution in [0, 0.1) is 5.82 Å². The first-order valence-corrected chi connectivity index (χ1v) is 3.94. The maximum absolute atomic E-state index is 13.1. The number of rotatable bonds is 2. The molecule has 0 radical (unpaired) electrons. The molecule has 64 valence electrons. The van der Waals surface area contributed by atoms with E-state index in [0.29, 0.717) is 12.1 Å². The van der Waals surface area contributed by atoms with Gasteiger partial charge in [0, 0.05) is 12.1 Å². The molecule has 12 heavy (non-hydrogen) atoms. The molecule has 0 spiro atoms. The zero-order valence-corrected chi connectivity index (χ0v) is 7.18. The van der Waals surface area contributed by atoms with Crippen LogP contribution < -0.4 is 5.73 Å². The Morgan fingerprint density at radius 1 is 1.50 bits per heavy atom. The molecule has 0 unspecified atom stereocenters. The standard InChI is InChI=1S/C9H9ClFN/c10-8-5-1-3-7(9(8)11)4-2-6-12/h1-5H,6,12H2. The zero-order chi connectivity index (χ0) is 8.97. The third-order valence-electron chi connectivity index (χ3n) is 1.41. The van der Waals surface area contributed by atoms with Crippen LogP contribution in [0.2, 0.25) is 5.02 Å². The summed E-state index contributed by atoms with van der Waals surface area (Å²) in [6, 6.07) is 4.85. The van der Waals surface area contributed by atoms with Gasteiger partial charge in [0.25, 0.3) is 0 Å². The van der Waals surface area contributed by atoms with Crippen LogP contribution in [0.5, 0.6) is 0 Å². The van der Waals surface area contributed by atoms with Crippen LogP contribution in [0.3, 0.4) is 0 Å². The highest BCUT2D eigenvalue weighted by atomic mass is 35.5. The molecule has 2 N–H and O–H groups in total. The highest BCUT2D eigenvalue weighted by Crippen LogP contribution is 2.18. The van der Waals surface area contributed by atoms with Gasteiger partial charge in [-0.2, -0.15) is 0 Å². The van der Waals surface area contributed by atoms with Gasteiger partial charge in [-0.1, -0.05) is 35.9 Å². The van der Waals surface area contributed by atoms with Gasteiger partial charge in [-0.25, -0.2) is 4.39 Å². The fourth-order valence-electron chi connectivity index (χ4n) is 0.844. The van der Waals surface area contributed by atoms with E-state index in [2.05, 4.69) is 0 Å². The first-order chi connectivity index (χ1) is 5.75. The second kappa shape index (κ2) is 4.24. The predicted molar refractivity (Wildman–Crippen MR) is 49.5 cm³/mol. The third kappa shape index (κ3) is 2.06. The van der Waals surface area contributed by atoms with Crippen LogP contribution in [-0.4, -0.2) is 6.54 Å². The molecule has 1 rings (SSSR count). The Kier molecular flexibility index (Phi) is 3.26. The average Bonchev–Trinajstić information content (AvgIpc) is 2.08. The first kappa shape index (κ1) is 9.23. The smallest absolute Gasteiger partial charge is 0.148 e. The van der Waals surface area contributed by atoms with Crippen molar-refractivity contribution in [2.24, 2.45) is 5.73 Å². The van der Waals surface area contributed by atoms with Crippen molar-refractivity contribution in [2.75, 3.05) is 6.54 Å². The number of benzene rings is 1. The Bertz CT molecular complexity index is 297. The Morgan fingerprint density at radius 2 is 2.25 bits per heavy atom. The van der Waals surface area contributed by atoms with E-state index in [-0.39, 0.29) is 5.02 Å². The second-order valence-electron chi connectivity index (χ2n) is 2.28. The van der Waals surface area contributed by atoms with Gasteiger partial charge in [-0.15, -0.1) is 0 Å². The summed E-state index contributed by atoms with van der Waals surface area (Å²) >= 11 is 5.55. The minimum absolute atomic E-state index is 0.133. The Balaban J connectivity index is 3.00. The van der Waals surface area contributed by atoms with Gasteiger partial charge in [0.1, 0.15) is 5.82 Å². The van der Waals surface area contributed by atoms with Crippen molar-refractivity contribution in [1.29, 1.82) is 0 Å². The number of hydrogen-bond donors (Lipinski definition) is 1. The topological polar surface area (TPSA) is 26.0 Å². The van der Waals surface area contributed by atoms with Gasteiger partial charge in [0.2, 0.25) is 0 Å². The molecule has 0 atom stereocenters. The van der Waals surface area contributed by atoms with Crippen molar-refractivity contribution in [3.05, 3.63) is 40.7 Å². The first-order valence-electron chi connectivity index (χ1n) is 3.56. The minimum atomic E-state index is -0.399. The SMILES string of the molecule is NCC=Cc1cccc(Cl)c1F. The van der Waals surface area contributed by atoms with Crippen LogP contribution in [0.15, 0.2) is 24.3 Å². The molecule has 0 aromatic heterocycles. The lowest BCUT2D eigenvalue weighted by Gasteiger charge is -1.97. The van der Waals surface area contributed by atoms with Crippen molar-refractivity contribution in [1.82, 2.24) is 0 Å². The molecular weight excluding hydrogens is 177 g/mol. The van der Waals surface area contributed by atoms with Gasteiger partial charge in [-0.3, -0.25) is 0 Å². The molecule has 3 heteroatoms. The quantitative estimate of drug-likeness (QED) is 0.753. The maximum atomic E-state index is 13.1. The van der Waals surface area contributed by atoms with E-state index in [9.17, 15) is 4.39 Å². The molecule has 0 aliphatic rings. The van der Waals surface area contributed by atoms with Crippen LogP contribution in [0.1, 0.15) is 5.56 Å².